The second kappa shape index (κ2) is 7.91. The van der Waals surface area contributed by atoms with E-state index in [2.05, 4.69) is 58.3 Å². The molecule has 0 aliphatic carbocycles. The maximum absolute atomic E-state index is 4.64. The largest absolute Gasteiger partial charge is 0.308 e. The van der Waals surface area contributed by atoms with Crippen LogP contribution >= 0.6 is 27.3 Å². The lowest BCUT2D eigenvalue weighted by Crippen LogP contribution is -2.25. The summed E-state index contributed by atoms with van der Waals surface area (Å²) in [6, 6.07) is 8.84. The molecular weight excluding hydrogens is 332 g/mol. The number of nitrogens with zero attached hydrogens (tertiary/aromatic N) is 1. The predicted molar refractivity (Wildman–Crippen MR) is 90.4 cm³/mol. The SMILES string of the molecule is CCCNC(Cc1ccc(Br)s1)c1ncccc1CC. The summed E-state index contributed by atoms with van der Waals surface area (Å²) in [5.74, 6) is 0. The van der Waals surface area contributed by atoms with E-state index >= 15 is 0 Å². The number of hydrogen-bond acceptors (Lipinski definition) is 3. The molecule has 0 aliphatic heterocycles. The van der Waals surface area contributed by atoms with Crippen LogP contribution in [0.3, 0.4) is 0 Å². The molecule has 2 aromatic heterocycles. The molecule has 0 aromatic carbocycles. The van der Waals surface area contributed by atoms with Crippen molar-refractivity contribution in [2.75, 3.05) is 6.54 Å². The zero-order valence-corrected chi connectivity index (χ0v) is 14.4. The molecule has 108 valence electrons. The van der Waals surface area contributed by atoms with Crippen molar-refractivity contribution in [2.45, 2.75) is 39.2 Å². The molecule has 0 fully saturated rings. The van der Waals surface area contributed by atoms with Crippen LogP contribution in [0.15, 0.2) is 34.2 Å². The van der Waals surface area contributed by atoms with Crippen molar-refractivity contribution in [2.24, 2.45) is 0 Å². The molecule has 1 unspecified atom stereocenters. The summed E-state index contributed by atoms with van der Waals surface area (Å²) in [5.41, 5.74) is 2.55. The Bertz CT molecular complexity index is 539. The van der Waals surface area contributed by atoms with E-state index in [1.54, 1.807) is 11.3 Å². The second-order valence-corrected chi connectivity index (χ2v) is 7.37. The van der Waals surface area contributed by atoms with E-state index in [1.165, 1.54) is 19.9 Å². The molecule has 2 heterocycles. The minimum absolute atomic E-state index is 0.302. The van der Waals surface area contributed by atoms with Crippen LogP contribution in [0, 0.1) is 0 Å². The predicted octanol–water partition coefficient (Wildman–Crippen LogP) is 4.75. The van der Waals surface area contributed by atoms with E-state index in [4.69, 9.17) is 0 Å². The Morgan fingerprint density at radius 2 is 2.15 bits per heavy atom. The van der Waals surface area contributed by atoms with Crippen molar-refractivity contribution in [3.8, 4) is 0 Å². The molecule has 0 radical (unpaired) electrons. The van der Waals surface area contributed by atoms with E-state index in [0.717, 1.165) is 25.8 Å². The maximum Gasteiger partial charge on any atom is 0.0701 e. The van der Waals surface area contributed by atoms with E-state index in [0.29, 0.717) is 6.04 Å². The summed E-state index contributed by atoms with van der Waals surface area (Å²) < 4.78 is 1.19. The Hall–Kier alpha value is -0.710. The highest BCUT2D eigenvalue weighted by Crippen LogP contribution is 2.27. The average Bonchev–Trinajstić information content (AvgIpc) is 2.88. The summed E-state index contributed by atoms with van der Waals surface area (Å²) in [7, 11) is 0. The molecule has 20 heavy (non-hydrogen) atoms. The third-order valence-corrected chi connectivity index (χ3v) is 4.96. The quantitative estimate of drug-likeness (QED) is 0.777. The van der Waals surface area contributed by atoms with Crippen LogP contribution in [-0.2, 0) is 12.8 Å². The number of aromatic nitrogens is 1. The van der Waals surface area contributed by atoms with Gasteiger partial charge in [-0.05, 0) is 59.1 Å². The molecule has 2 rings (SSSR count). The van der Waals surface area contributed by atoms with Gasteiger partial charge in [-0.25, -0.2) is 0 Å². The van der Waals surface area contributed by atoms with Crippen LogP contribution in [0.2, 0.25) is 0 Å². The fourth-order valence-electron chi connectivity index (χ4n) is 2.31. The lowest BCUT2D eigenvalue weighted by Gasteiger charge is -2.20. The summed E-state index contributed by atoms with van der Waals surface area (Å²) in [5, 5.41) is 3.65. The van der Waals surface area contributed by atoms with Gasteiger partial charge < -0.3 is 5.32 Å². The van der Waals surface area contributed by atoms with Gasteiger partial charge in [0.25, 0.3) is 0 Å². The first kappa shape index (κ1) is 15.7. The molecule has 2 aromatic rings. The third kappa shape index (κ3) is 4.14. The zero-order valence-electron chi connectivity index (χ0n) is 12.0. The van der Waals surface area contributed by atoms with Gasteiger partial charge in [-0.3, -0.25) is 4.98 Å². The molecule has 0 saturated heterocycles. The molecule has 1 atom stereocenters. The van der Waals surface area contributed by atoms with Crippen molar-refractivity contribution in [1.82, 2.24) is 10.3 Å². The number of halogens is 1. The van der Waals surface area contributed by atoms with E-state index in [-0.39, 0.29) is 0 Å². The van der Waals surface area contributed by atoms with Crippen LogP contribution in [0.4, 0.5) is 0 Å². The first-order valence-electron chi connectivity index (χ1n) is 7.16. The number of pyridine rings is 1. The fraction of sp³-hybridized carbons (Fsp3) is 0.438. The molecule has 4 heteroatoms. The Balaban J connectivity index is 2.22. The van der Waals surface area contributed by atoms with Crippen molar-refractivity contribution in [1.29, 1.82) is 0 Å². The summed E-state index contributed by atoms with van der Waals surface area (Å²) in [6.07, 6.45) is 5.07. The Labute approximate surface area is 133 Å². The van der Waals surface area contributed by atoms with Gasteiger partial charge >= 0.3 is 0 Å². The van der Waals surface area contributed by atoms with Gasteiger partial charge in [0.1, 0.15) is 0 Å². The minimum atomic E-state index is 0.302. The lowest BCUT2D eigenvalue weighted by molar-refractivity contribution is 0.517. The minimum Gasteiger partial charge on any atom is -0.308 e. The zero-order chi connectivity index (χ0) is 14.4. The van der Waals surface area contributed by atoms with Gasteiger partial charge in [-0.1, -0.05) is 19.9 Å². The molecular formula is C16H21BrN2S. The molecule has 0 amide bonds. The van der Waals surface area contributed by atoms with Gasteiger partial charge in [-0.2, -0.15) is 0 Å². The fourth-order valence-corrected chi connectivity index (χ4v) is 3.84. The first-order chi connectivity index (χ1) is 9.74. The normalized spacial score (nSPS) is 12.6. The highest BCUT2D eigenvalue weighted by Gasteiger charge is 2.16. The third-order valence-electron chi connectivity index (χ3n) is 3.31. The van der Waals surface area contributed by atoms with E-state index < -0.39 is 0 Å². The van der Waals surface area contributed by atoms with Crippen LogP contribution in [0.1, 0.15) is 42.4 Å². The topological polar surface area (TPSA) is 24.9 Å². The monoisotopic (exact) mass is 352 g/mol. The van der Waals surface area contributed by atoms with Gasteiger partial charge in [0.05, 0.1) is 15.5 Å². The van der Waals surface area contributed by atoms with Gasteiger partial charge in [0.2, 0.25) is 0 Å². The molecule has 0 bridgehead atoms. The smallest absolute Gasteiger partial charge is 0.0701 e. The van der Waals surface area contributed by atoms with Crippen LogP contribution in [0.25, 0.3) is 0 Å². The summed E-state index contributed by atoms with van der Waals surface area (Å²) in [4.78, 5) is 6.02. The highest BCUT2D eigenvalue weighted by atomic mass is 79.9. The molecule has 1 N–H and O–H groups in total. The van der Waals surface area contributed by atoms with Crippen molar-refractivity contribution in [3.63, 3.8) is 0 Å². The Kier molecular flexibility index (Phi) is 6.20. The highest BCUT2D eigenvalue weighted by molar-refractivity contribution is 9.11. The van der Waals surface area contributed by atoms with Crippen molar-refractivity contribution >= 4 is 27.3 Å². The van der Waals surface area contributed by atoms with Crippen LogP contribution < -0.4 is 5.32 Å². The molecule has 2 nitrogen and oxygen atoms in total. The lowest BCUT2D eigenvalue weighted by atomic mass is 10.0. The number of rotatable bonds is 7. The van der Waals surface area contributed by atoms with Gasteiger partial charge in [-0.15, -0.1) is 11.3 Å². The number of hydrogen-bond donors (Lipinski definition) is 1. The van der Waals surface area contributed by atoms with E-state index in [9.17, 15) is 0 Å². The summed E-state index contributed by atoms with van der Waals surface area (Å²) >= 11 is 5.35. The average molecular weight is 353 g/mol. The number of thiophene rings is 1. The van der Waals surface area contributed by atoms with E-state index in [1.807, 2.05) is 12.3 Å². The Morgan fingerprint density at radius 3 is 2.80 bits per heavy atom. The molecule has 0 saturated carbocycles. The molecule has 0 aliphatic rings. The second-order valence-electron chi connectivity index (χ2n) is 4.82. The van der Waals surface area contributed by atoms with Crippen molar-refractivity contribution in [3.05, 3.63) is 50.4 Å². The number of nitrogens with one attached hydrogen (secondary N) is 1. The summed E-state index contributed by atoms with van der Waals surface area (Å²) in [6.45, 7) is 5.42. The van der Waals surface area contributed by atoms with Gasteiger partial charge in [0, 0.05) is 17.5 Å². The standard InChI is InChI=1S/C16H21BrN2S/c1-3-9-18-14(11-13-7-8-15(17)20-13)16-12(4-2)6-5-10-19-16/h5-8,10,14,18H,3-4,9,11H2,1-2H3. The first-order valence-corrected chi connectivity index (χ1v) is 8.77. The van der Waals surface area contributed by atoms with Crippen LogP contribution in [0.5, 0.6) is 0 Å². The molecule has 0 spiro atoms. The number of aryl methyl sites for hydroxylation is 1. The Morgan fingerprint density at radius 1 is 1.30 bits per heavy atom. The van der Waals surface area contributed by atoms with Crippen LogP contribution in [-0.4, -0.2) is 11.5 Å². The maximum atomic E-state index is 4.64. The van der Waals surface area contributed by atoms with Crippen molar-refractivity contribution < 1.29 is 0 Å². The van der Waals surface area contributed by atoms with Gasteiger partial charge in [0.15, 0.2) is 0 Å².